The summed E-state index contributed by atoms with van der Waals surface area (Å²) in [5, 5.41) is 0.849. The smallest absolute Gasteiger partial charge is 0.271 e. The van der Waals surface area contributed by atoms with Crippen LogP contribution in [0, 0.1) is 0 Å². The Morgan fingerprint density at radius 3 is 2.44 bits per heavy atom. The number of rotatable bonds is 1. The third-order valence-electron chi connectivity index (χ3n) is 4.39. The lowest BCUT2D eigenvalue weighted by Crippen LogP contribution is -2.32. The lowest BCUT2D eigenvalue weighted by Gasteiger charge is -2.13. The van der Waals surface area contributed by atoms with Gasteiger partial charge in [-0.25, -0.2) is 0 Å². The molecule has 0 bridgehead atoms. The molecule has 1 aromatic carbocycles. The lowest BCUT2D eigenvalue weighted by molar-refractivity contribution is -0.119. The number of hydrogen-bond donors (Lipinski definition) is 0. The second kappa shape index (κ2) is 6.69. The number of aromatic nitrogens is 1. The fourth-order valence-electron chi connectivity index (χ4n) is 2.81. The quantitative estimate of drug-likeness (QED) is 0.625. The molecule has 1 amide bonds. The third kappa shape index (κ3) is 2.82. The number of amides is 1. The molecule has 1 saturated heterocycles. The highest BCUT2D eigenvalue weighted by Crippen LogP contribution is 2.46. The number of carbonyl (C=O) groups excluding carboxylic acids is 1. The van der Waals surface area contributed by atoms with Gasteiger partial charge >= 0.3 is 0 Å². The summed E-state index contributed by atoms with van der Waals surface area (Å²) in [4.78, 5) is 30.4. The largest absolute Gasteiger partial charge is 0.497 e. The van der Waals surface area contributed by atoms with Gasteiger partial charge in [-0.2, -0.15) is 0 Å². The van der Waals surface area contributed by atoms with Crippen molar-refractivity contribution in [2.45, 2.75) is 4.90 Å². The number of fused-ring (bicyclic) bond motifs is 1. The summed E-state index contributed by atoms with van der Waals surface area (Å²) in [5.41, 5.74) is 0.872. The minimum absolute atomic E-state index is 0.120. The van der Waals surface area contributed by atoms with E-state index in [1.807, 2.05) is 30.1 Å². The Kier molecular flexibility index (Phi) is 4.61. The van der Waals surface area contributed by atoms with Crippen molar-refractivity contribution in [2.75, 3.05) is 26.1 Å². The molecule has 10 heteroatoms. The molecule has 0 spiro atoms. The van der Waals surface area contributed by atoms with Crippen LogP contribution >= 0.6 is 47.1 Å². The fourth-order valence-corrected chi connectivity index (χ4v) is 6.59. The monoisotopic (exact) mass is 437 g/mol. The van der Waals surface area contributed by atoms with Crippen LogP contribution in [0.4, 0.5) is 5.69 Å². The van der Waals surface area contributed by atoms with E-state index < -0.39 is 0 Å². The van der Waals surface area contributed by atoms with Gasteiger partial charge in [0.2, 0.25) is 0 Å². The summed E-state index contributed by atoms with van der Waals surface area (Å²) < 4.78 is 8.58. The van der Waals surface area contributed by atoms with Crippen LogP contribution in [-0.4, -0.2) is 40.9 Å². The maximum Gasteiger partial charge on any atom is 0.271 e. The molecule has 1 fully saturated rings. The number of thiocarbonyl (C=S) groups is 1. The number of methoxy groups -OCH3 is 1. The van der Waals surface area contributed by atoms with E-state index in [0.29, 0.717) is 18.4 Å². The molecular weight excluding hydrogens is 422 g/mol. The van der Waals surface area contributed by atoms with Crippen molar-refractivity contribution in [1.29, 1.82) is 0 Å². The van der Waals surface area contributed by atoms with E-state index in [1.165, 1.54) is 32.6 Å². The molecule has 2 aliphatic heterocycles. The van der Waals surface area contributed by atoms with Crippen LogP contribution in [0.5, 0.6) is 5.75 Å². The first-order valence-electron chi connectivity index (χ1n) is 7.87. The van der Waals surface area contributed by atoms with Crippen molar-refractivity contribution in [3.05, 3.63) is 37.7 Å². The molecule has 3 heterocycles. The molecule has 1 aromatic heterocycles. The van der Waals surface area contributed by atoms with Crippen LogP contribution in [0.1, 0.15) is 0 Å². The van der Waals surface area contributed by atoms with Crippen LogP contribution in [0.2, 0.25) is 0 Å². The maximum absolute atomic E-state index is 12.9. The Balaban J connectivity index is 1.94. The average molecular weight is 438 g/mol. The number of anilines is 1. The Labute approximate surface area is 173 Å². The standard InChI is InChI=1S/C17H15N3O3S4/c1-18-9-7-8(23-4)5-6-10(9)25-15(18)11-13(21)19(2)16(26-11)12-14(22)20(3)17(24)27-12/h5-7H,1-4H3/b15-11-,16-12-. The SMILES string of the molecule is COc1ccc2c(c1)N(C)/C(=c1/s/c(=C3\SC(=S)N(C)C3=O)n(C)c1=O)S2. The zero-order valence-electron chi connectivity index (χ0n) is 14.9. The highest BCUT2D eigenvalue weighted by molar-refractivity contribution is 8.30. The lowest BCUT2D eigenvalue weighted by atomic mass is 10.3. The van der Waals surface area contributed by atoms with Crippen molar-refractivity contribution >= 4 is 72.9 Å². The number of hydrogen-bond acceptors (Lipinski definition) is 8. The molecule has 0 atom stereocenters. The first-order valence-corrected chi connectivity index (χ1v) is 10.7. The van der Waals surface area contributed by atoms with E-state index in [1.54, 1.807) is 33.0 Å². The number of ether oxygens (including phenoxy) is 1. The Bertz CT molecular complexity index is 1180. The summed E-state index contributed by atoms with van der Waals surface area (Å²) in [6.07, 6.45) is 0. The summed E-state index contributed by atoms with van der Waals surface area (Å²) in [6, 6.07) is 5.84. The molecule has 0 aliphatic carbocycles. The van der Waals surface area contributed by atoms with Gasteiger partial charge < -0.3 is 14.2 Å². The number of benzene rings is 1. The van der Waals surface area contributed by atoms with E-state index in [9.17, 15) is 9.59 Å². The molecule has 140 valence electrons. The number of thioether (sulfide) groups is 2. The molecule has 4 rings (SSSR count). The van der Waals surface area contributed by atoms with Crippen molar-refractivity contribution in [1.82, 2.24) is 9.47 Å². The molecule has 6 nitrogen and oxygen atoms in total. The molecule has 0 saturated carbocycles. The Morgan fingerprint density at radius 1 is 1.07 bits per heavy atom. The first kappa shape index (κ1) is 18.6. The Hall–Kier alpha value is -1.75. The number of nitrogens with zero attached hydrogens (tertiary/aromatic N) is 3. The van der Waals surface area contributed by atoms with Crippen LogP contribution in [0.25, 0.3) is 9.93 Å². The van der Waals surface area contributed by atoms with Crippen molar-refractivity contribution in [3.8, 4) is 5.75 Å². The van der Waals surface area contributed by atoms with Gasteiger partial charge in [0.15, 0.2) is 0 Å². The molecule has 0 radical (unpaired) electrons. The van der Waals surface area contributed by atoms with E-state index in [0.717, 1.165) is 21.4 Å². The second-order valence-corrected chi connectivity index (χ2v) is 9.64. The molecule has 0 unspecified atom stereocenters. The average Bonchev–Trinajstić information content (AvgIpc) is 3.23. The summed E-state index contributed by atoms with van der Waals surface area (Å²) in [5.74, 6) is 0.598. The maximum atomic E-state index is 12.9. The molecule has 0 N–H and O–H groups in total. The molecule has 2 aliphatic rings. The zero-order chi connectivity index (χ0) is 19.5. The van der Waals surface area contributed by atoms with Gasteiger partial charge in [-0.3, -0.25) is 14.5 Å². The second-order valence-electron chi connectivity index (χ2n) is 5.96. The highest BCUT2D eigenvalue weighted by Gasteiger charge is 2.32. The molecular formula is C17H15N3O3S4. The van der Waals surface area contributed by atoms with E-state index >= 15 is 0 Å². The topological polar surface area (TPSA) is 54.8 Å². The van der Waals surface area contributed by atoms with E-state index in [2.05, 4.69) is 0 Å². The van der Waals surface area contributed by atoms with Gasteiger partial charge in [0.25, 0.3) is 11.5 Å². The van der Waals surface area contributed by atoms with Gasteiger partial charge in [-0.1, -0.05) is 35.7 Å². The summed E-state index contributed by atoms with van der Waals surface area (Å²) in [6.45, 7) is 0. The minimum Gasteiger partial charge on any atom is -0.497 e. The van der Waals surface area contributed by atoms with Crippen molar-refractivity contribution in [3.63, 3.8) is 0 Å². The molecule has 27 heavy (non-hydrogen) atoms. The van der Waals surface area contributed by atoms with Crippen LogP contribution in [0.15, 0.2) is 27.9 Å². The van der Waals surface area contributed by atoms with E-state index in [4.69, 9.17) is 17.0 Å². The van der Waals surface area contributed by atoms with Crippen molar-refractivity contribution < 1.29 is 9.53 Å². The van der Waals surface area contributed by atoms with Gasteiger partial charge in [0, 0.05) is 32.1 Å². The highest BCUT2D eigenvalue weighted by atomic mass is 32.2. The summed E-state index contributed by atoms with van der Waals surface area (Å²) in [7, 11) is 6.90. The van der Waals surface area contributed by atoms with Gasteiger partial charge in [0.05, 0.1) is 12.8 Å². The Morgan fingerprint density at radius 2 is 1.81 bits per heavy atom. The number of carbonyl (C=O) groups is 1. The van der Waals surface area contributed by atoms with Gasteiger partial charge in [0.1, 0.15) is 29.2 Å². The first-order chi connectivity index (χ1) is 12.8. The fraction of sp³-hybridized carbons (Fsp3) is 0.235. The third-order valence-corrected chi connectivity index (χ3v) is 8.67. The predicted molar refractivity (Wildman–Crippen MR) is 116 cm³/mol. The van der Waals surface area contributed by atoms with Crippen LogP contribution in [-0.2, 0) is 11.8 Å². The van der Waals surface area contributed by atoms with Gasteiger partial charge in [-0.15, -0.1) is 11.3 Å². The number of thiazole rings is 1. The molecule has 2 aromatic rings. The predicted octanol–water partition coefficient (Wildman–Crippen LogP) is 1.36. The normalized spacial score (nSPS) is 20.6. The van der Waals surface area contributed by atoms with E-state index in [-0.39, 0.29) is 11.5 Å². The van der Waals surface area contributed by atoms with Crippen LogP contribution in [0.3, 0.4) is 0 Å². The summed E-state index contributed by atoms with van der Waals surface area (Å²) >= 11 is 9.32. The van der Waals surface area contributed by atoms with Crippen LogP contribution < -0.4 is 24.4 Å². The zero-order valence-corrected chi connectivity index (χ0v) is 18.2. The van der Waals surface area contributed by atoms with Gasteiger partial charge in [-0.05, 0) is 12.1 Å². The minimum atomic E-state index is -0.168. The van der Waals surface area contributed by atoms with Crippen molar-refractivity contribution in [2.24, 2.45) is 7.05 Å².